The Hall–Kier alpha value is -3.11. The van der Waals surface area contributed by atoms with Crippen LogP contribution in [0.3, 0.4) is 0 Å². The molecule has 170 valence electrons. The quantitative estimate of drug-likeness (QED) is 0.667. The van der Waals surface area contributed by atoms with Crippen molar-refractivity contribution in [2.45, 2.75) is 38.8 Å². The zero-order chi connectivity index (χ0) is 22.6. The third-order valence-corrected chi connectivity index (χ3v) is 6.85. The Kier molecular flexibility index (Phi) is 4.86. The van der Waals surface area contributed by atoms with E-state index < -0.39 is 18.5 Å². The zero-order valence-electron chi connectivity index (χ0n) is 17.5. The summed E-state index contributed by atoms with van der Waals surface area (Å²) in [5, 5.41) is 8.58. The van der Waals surface area contributed by atoms with Crippen LogP contribution in [0, 0.1) is 24.7 Å². The van der Waals surface area contributed by atoms with E-state index >= 15 is 0 Å². The first-order chi connectivity index (χ1) is 15.2. The van der Waals surface area contributed by atoms with Gasteiger partial charge in [0.1, 0.15) is 5.52 Å². The maximum atomic E-state index is 13.3. The molecule has 3 atom stereocenters. The minimum atomic E-state index is -4.19. The number of likely N-dealkylation sites (tertiary alicyclic amines) is 1. The van der Waals surface area contributed by atoms with Crippen molar-refractivity contribution in [2.75, 3.05) is 13.1 Å². The smallest absolute Gasteiger partial charge is 0.338 e. The highest BCUT2D eigenvalue weighted by atomic mass is 19.4. The molecule has 2 fully saturated rings. The van der Waals surface area contributed by atoms with E-state index in [0.717, 1.165) is 6.42 Å². The van der Waals surface area contributed by atoms with Gasteiger partial charge < -0.3 is 4.90 Å². The van der Waals surface area contributed by atoms with Crippen molar-refractivity contribution in [1.82, 2.24) is 29.3 Å². The van der Waals surface area contributed by atoms with E-state index in [1.54, 1.807) is 30.2 Å². The minimum Gasteiger partial charge on any atom is -0.338 e. The van der Waals surface area contributed by atoms with Gasteiger partial charge in [-0.3, -0.25) is 14.6 Å². The number of piperidine rings is 1. The Morgan fingerprint density at radius 3 is 2.66 bits per heavy atom. The van der Waals surface area contributed by atoms with Crippen LogP contribution in [0.1, 0.15) is 41.7 Å². The van der Waals surface area contributed by atoms with Gasteiger partial charge in [0, 0.05) is 25.7 Å². The third kappa shape index (κ3) is 3.59. The molecule has 1 amide bonds. The second-order valence-corrected chi connectivity index (χ2v) is 8.82. The number of nitrogens with one attached hydrogen (secondary N) is 1. The van der Waals surface area contributed by atoms with Gasteiger partial charge >= 0.3 is 6.18 Å². The summed E-state index contributed by atoms with van der Waals surface area (Å²) in [4.78, 5) is 29.9. The van der Waals surface area contributed by atoms with Crippen LogP contribution in [0.4, 0.5) is 13.2 Å². The average Bonchev–Trinajstić information content (AvgIpc) is 3.33. The molecule has 5 rings (SSSR count). The van der Waals surface area contributed by atoms with Crippen molar-refractivity contribution in [1.29, 1.82) is 0 Å². The van der Waals surface area contributed by atoms with Gasteiger partial charge in [-0.2, -0.15) is 18.3 Å². The Bertz CT molecular complexity index is 1210. The molecule has 0 radical (unpaired) electrons. The van der Waals surface area contributed by atoms with Crippen LogP contribution in [-0.4, -0.2) is 54.5 Å². The summed E-state index contributed by atoms with van der Waals surface area (Å²) in [5.74, 6) is -0.772. The number of carbonyl (C=O) groups is 1. The molecule has 0 spiro atoms. The van der Waals surface area contributed by atoms with Crippen molar-refractivity contribution in [2.24, 2.45) is 17.8 Å². The predicted molar refractivity (Wildman–Crippen MR) is 109 cm³/mol. The highest BCUT2D eigenvalue weighted by molar-refractivity contribution is 5.95. The lowest BCUT2D eigenvalue weighted by molar-refractivity contribution is -0.161. The number of hydrogen-bond donors (Lipinski definition) is 1. The van der Waals surface area contributed by atoms with Crippen molar-refractivity contribution < 1.29 is 18.0 Å². The SMILES string of the molecule is Cc1c(C(=O)N2C[C@H]3CCC[C@@H](C2)C3CC(F)(F)F)cnn1-c1nn2cccc2c(=O)[nH]1. The molecule has 11 heteroatoms. The molecule has 3 aromatic rings. The van der Waals surface area contributed by atoms with Crippen molar-refractivity contribution >= 4 is 11.4 Å². The molecule has 4 heterocycles. The molecule has 1 saturated carbocycles. The van der Waals surface area contributed by atoms with Gasteiger partial charge in [-0.1, -0.05) is 6.42 Å². The van der Waals surface area contributed by atoms with E-state index in [1.165, 1.54) is 15.4 Å². The summed E-state index contributed by atoms with van der Waals surface area (Å²) in [6, 6.07) is 3.34. The number of aromatic nitrogens is 5. The number of H-pyrrole nitrogens is 1. The lowest BCUT2D eigenvalue weighted by Crippen LogP contribution is -2.51. The number of amides is 1. The van der Waals surface area contributed by atoms with Crippen LogP contribution in [-0.2, 0) is 0 Å². The number of fused-ring (bicyclic) bond motifs is 3. The van der Waals surface area contributed by atoms with Crippen LogP contribution < -0.4 is 5.56 Å². The van der Waals surface area contributed by atoms with Gasteiger partial charge in [0.05, 0.1) is 17.5 Å². The van der Waals surface area contributed by atoms with E-state index in [-0.39, 0.29) is 29.3 Å². The topological polar surface area (TPSA) is 88.3 Å². The highest BCUT2D eigenvalue weighted by Crippen LogP contribution is 2.45. The molecule has 8 nitrogen and oxygen atoms in total. The van der Waals surface area contributed by atoms with Crippen LogP contribution in [0.15, 0.2) is 29.3 Å². The number of aromatic amines is 1. The lowest BCUT2D eigenvalue weighted by atomic mass is 9.67. The first-order valence-electron chi connectivity index (χ1n) is 10.7. The van der Waals surface area contributed by atoms with E-state index in [9.17, 15) is 22.8 Å². The van der Waals surface area contributed by atoms with E-state index in [2.05, 4.69) is 15.2 Å². The summed E-state index contributed by atoms with van der Waals surface area (Å²) in [7, 11) is 0. The van der Waals surface area contributed by atoms with Crippen LogP contribution in [0.5, 0.6) is 0 Å². The van der Waals surface area contributed by atoms with Crippen LogP contribution in [0.2, 0.25) is 0 Å². The molecule has 2 aliphatic rings. The van der Waals surface area contributed by atoms with Crippen molar-refractivity contribution in [3.05, 3.63) is 46.1 Å². The minimum absolute atomic E-state index is 0.141. The van der Waals surface area contributed by atoms with Gasteiger partial charge in [0.15, 0.2) is 0 Å². The second-order valence-electron chi connectivity index (χ2n) is 8.82. The molecule has 0 aromatic carbocycles. The molecular weight excluding hydrogens is 425 g/mol. The molecule has 2 bridgehead atoms. The first-order valence-corrected chi connectivity index (χ1v) is 10.7. The van der Waals surface area contributed by atoms with Gasteiger partial charge in [0.2, 0.25) is 5.95 Å². The fraction of sp³-hybridized carbons (Fsp3) is 0.524. The maximum absolute atomic E-state index is 13.3. The monoisotopic (exact) mass is 448 g/mol. The number of halogens is 3. The Labute approximate surface area is 181 Å². The molecule has 1 unspecified atom stereocenters. The molecule has 3 aromatic heterocycles. The van der Waals surface area contributed by atoms with Gasteiger partial charge in [-0.15, -0.1) is 5.10 Å². The van der Waals surface area contributed by atoms with Gasteiger partial charge in [-0.05, 0) is 49.7 Å². The lowest BCUT2D eigenvalue weighted by Gasteiger charge is -2.47. The van der Waals surface area contributed by atoms with Crippen LogP contribution >= 0.6 is 0 Å². The Morgan fingerprint density at radius 1 is 1.25 bits per heavy atom. The second kappa shape index (κ2) is 7.49. The number of rotatable bonds is 3. The summed E-state index contributed by atoms with van der Waals surface area (Å²) in [6.07, 6.45) is 0.430. The normalized spacial score (nSPS) is 23.6. The summed E-state index contributed by atoms with van der Waals surface area (Å²) < 4.78 is 42.0. The van der Waals surface area contributed by atoms with Crippen molar-refractivity contribution in [3.63, 3.8) is 0 Å². The van der Waals surface area contributed by atoms with Crippen molar-refractivity contribution in [3.8, 4) is 5.95 Å². The number of alkyl halides is 3. The van der Waals surface area contributed by atoms with E-state index in [1.807, 2.05) is 0 Å². The summed E-state index contributed by atoms with van der Waals surface area (Å²) in [5.41, 5.74) is 0.922. The Morgan fingerprint density at radius 2 is 1.97 bits per heavy atom. The molecule has 1 aliphatic carbocycles. The molecule has 32 heavy (non-hydrogen) atoms. The highest BCUT2D eigenvalue weighted by Gasteiger charge is 2.46. The standard InChI is InChI=1S/C21H23F3N6O2/c1-12-16(9-25-30(12)20-26-18(31)17-6-3-7-29(17)27-20)19(32)28-10-13-4-2-5-14(11-28)15(13)8-21(22,23)24/h3,6-7,9,13-15H,2,4-5,8,10-11H2,1H3,(H,26,27,31)/t13-,14+,15?. The maximum Gasteiger partial charge on any atom is 0.389 e. The fourth-order valence-electron chi connectivity index (χ4n) is 5.35. The molecule has 1 N–H and O–H groups in total. The summed E-state index contributed by atoms with van der Waals surface area (Å²) in [6.45, 7) is 2.35. The van der Waals surface area contributed by atoms with Gasteiger partial charge in [-0.25, -0.2) is 9.20 Å². The first kappa shape index (κ1) is 20.8. The summed E-state index contributed by atoms with van der Waals surface area (Å²) >= 11 is 0. The third-order valence-electron chi connectivity index (χ3n) is 6.85. The molecule has 1 saturated heterocycles. The largest absolute Gasteiger partial charge is 0.389 e. The van der Waals surface area contributed by atoms with E-state index in [4.69, 9.17) is 0 Å². The Balaban J connectivity index is 1.40. The average molecular weight is 448 g/mol. The molecular formula is C21H23F3N6O2. The predicted octanol–water partition coefficient (Wildman–Crippen LogP) is 2.96. The zero-order valence-corrected chi connectivity index (χ0v) is 17.5. The number of carbonyl (C=O) groups excluding carboxylic acids is 1. The molecule has 1 aliphatic heterocycles. The van der Waals surface area contributed by atoms with Gasteiger partial charge in [0.25, 0.3) is 11.5 Å². The fourth-order valence-corrected chi connectivity index (χ4v) is 5.35. The number of hydrogen-bond acceptors (Lipinski definition) is 4. The van der Waals surface area contributed by atoms with E-state index in [0.29, 0.717) is 42.7 Å². The van der Waals surface area contributed by atoms with Crippen LogP contribution in [0.25, 0.3) is 11.5 Å². The number of nitrogens with zero attached hydrogens (tertiary/aromatic N) is 5.